The van der Waals surface area contributed by atoms with Crippen molar-refractivity contribution in [3.63, 3.8) is 0 Å². The molecule has 0 saturated carbocycles. The zero-order valence-corrected chi connectivity index (χ0v) is 23.6. The summed E-state index contributed by atoms with van der Waals surface area (Å²) in [6.07, 6.45) is 0. The summed E-state index contributed by atoms with van der Waals surface area (Å²) in [6, 6.07) is 36.2. The molecule has 42 heavy (non-hydrogen) atoms. The van der Waals surface area contributed by atoms with E-state index in [-0.39, 0.29) is 12.3 Å². The van der Waals surface area contributed by atoms with Crippen molar-refractivity contribution < 1.29 is 4.42 Å². The molecule has 0 N–H and O–H groups in total. The van der Waals surface area contributed by atoms with Crippen LogP contribution < -0.4 is 10.9 Å². The minimum Gasteiger partial charge on any atom is -0.439 e. The van der Waals surface area contributed by atoms with Crippen LogP contribution in [0.1, 0.15) is 30.5 Å². The largest absolute Gasteiger partial charge is 0.439 e. The highest BCUT2D eigenvalue weighted by molar-refractivity contribution is 6.89. The number of aryl methyl sites for hydroxylation is 1. The van der Waals surface area contributed by atoms with Gasteiger partial charge in [0.2, 0.25) is 5.71 Å². The molecule has 0 saturated heterocycles. The van der Waals surface area contributed by atoms with E-state index in [1.165, 1.54) is 88.3 Å². The molecule has 196 valence electrons. The van der Waals surface area contributed by atoms with Gasteiger partial charge < -0.3 is 8.90 Å². The predicted octanol–water partition coefficient (Wildman–Crippen LogP) is 8.05. The Bertz CT molecular complexity index is 2570. The molecule has 5 heterocycles. The lowest BCUT2D eigenvalue weighted by atomic mass is 9.45. The van der Waals surface area contributed by atoms with Crippen LogP contribution in [-0.2, 0) is 5.41 Å². The normalized spacial score (nSPS) is 15.2. The predicted molar refractivity (Wildman–Crippen MR) is 174 cm³/mol. The number of hydrogen-bond acceptors (Lipinski definition) is 1. The maximum atomic E-state index is 6.69. The molecule has 1 aliphatic carbocycles. The molecule has 0 atom stereocenters. The van der Waals surface area contributed by atoms with E-state index in [1.54, 1.807) is 0 Å². The molecule has 0 unspecified atom stereocenters. The molecule has 5 aromatic carbocycles. The van der Waals surface area contributed by atoms with E-state index in [2.05, 4.69) is 127 Å². The lowest BCUT2D eigenvalue weighted by Gasteiger charge is -2.34. The van der Waals surface area contributed by atoms with Crippen LogP contribution in [0.15, 0.2) is 101 Å². The minimum atomic E-state index is -0.0804. The van der Waals surface area contributed by atoms with Gasteiger partial charge in [0.25, 0.3) is 0 Å². The van der Waals surface area contributed by atoms with Gasteiger partial charge in [-0.3, -0.25) is 4.57 Å². The molecule has 0 amide bonds. The summed E-state index contributed by atoms with van der Waals surface area (Å²) in [7, 11) is 0. The third kappa shape index (κ3) is 2.16. The zero-order valence-electron chi connectivity index (χ0n) is 23.6. The molecule has 11 rings (SSSR count). The molecular formula is C38H25BN2O. The van der Waals surface area contributed by atoms with Crippen LogP contribution in [0.4, 0.5) is 0 Å². The number of furan rings is 1. The fourth-order valence-corrected chi connectivity index (χ4v) is 9.02. The van der Waals surface area contributed by atoms with Gasteiger partial charge in [0.1, 0.15) is 5.58 Å². The Hall–Kier alpha value is -4.96. The van der Waals surface area contributed by atoms with Crippen molar-refractivity contribution in [1.82, 2.24) is 9.05 Å². The topological polar surface area (TPSA) is 23.0 Å². The van der Waals surface area contributed by atoms with E-state index in [0.29, 0.717) is 0 Å². The Kier molecular flexibility index (Phi) is 3.49. The van der Waals surface area contributed by atoms with Gasteiger partial charge in [-0.05, 0) is 52.2 Å². The minimum absolute atomic E-state index is 0.0696. The summed E-state index contributed by atoms with van der Waals surface area (Å²) in [5, 5.41) is 5.04. The molecule has 0 fully saturated rings. The summed E-state index contributed by atoms with van der Waals surface area (Å²) in [6.45, 7) is 7.11. The van der Waals surface area contributed by atoms with E-state index in [1.807, 2.05) is 0 Å². The summed E-state index contributed by atoms with van der Waals surface area (Å²) >= 11 is 0. The monoisotopic (exact) mass is 536 g/mol. The second-order valence-corrected chi connectivity index (χ2v) is 13.0. The maximum absolute atomic E-state index is 6.69. The quantitative estimate of drug-likeness (QED) is 0.180. The van der Waals surface area contributed by atoms with E-state index < -0.39 is 0 Å². The summed E-state index contributed by atoms with van der Waals surface area (Å²) in [5.74, 6) is 0. The second kappa shape index (κ2) is 6.74. The molecule has 8 aromatic rings. The van der Waals surface area contributed by atoms with Gasteiger partial charge in [-0.1, -0.05) is 98.8 Å². The fraction of sp³-hybridized carbons (Fsp3) is 0.105. The van der Waals surface area contributed by atoms with Crippen molar-refractivity contribution in [2.24, 2.45) is 0 Å². The zero-order chi connectivity index (χ0) is 27.6. The number of aromatic nitrogens is 2. The fourth-order valence-electron chi connectivity index (χ4n) is 9.02. The van der Waals surface area contributed by atoms with Crippen LogP contribution in [0, 0.1) is 6.92 Å². The molecule has 0 bridgehead atoms. The van der Waals surface area contributed by atoms with E-state index in [0.717, 1.165) is 11.3 Å². The van der Waals surface area contributed by atoms with E-state index in [4.69, 9.17) is 4.42 Å². The number of benzene rings is 5. The van der Waals surface area contributed by atoms with Crippen LogP contribution in [0.25, 0.3) is 71.9 Å². The molecular weight excluding hydrogens is 511 g/mol. The number of hydrogen-bond donors (Lipinski definition) is 0. The van der Waals surface area contributed by atoms with Crippen molar-refractivity contribution in [3.05, 3.63) is 114 Å². The van der Waals surface area contributed by atoms with Gasteiger partial charge in [-0.25, -0.2) is 0 Å². The number of nitrogens with zero attached hydrogens (tertiary/aromatic N) is 2. The van der Waals surface area contributed by atoms with Gasteiger partial charge in [0.15, 0.2) is 0 Å². The molecule has 3 nitrogen and oxygen atoms in total. The first-order valence-electron chi connectivity index (χ1n) is 14.9. The summed E-state index contributed by atoms with van der Waals surface area (Å²) in [5.41, 5.74) is 18.0. The first kappa shape index (κ1) is 21.7. The second-order valence-electron chi connectivity index (χ2n) is 13.0. The van der Waals surface area contributed by atoms with Gasteiger partial charge in [0.05, 0.1) is 10.9 Å². The summed E-state index contributed by atoms with van der Waals surface area (Å²) < 4.78 is 11.8. The number of fused-ring (bicyclic) bond motifs is 14. The maximum Gasteiger partial charge on any atom is 0.333 e. The van der Waals surface area contributed by atoms with Gasteiger partial charge in [0, 0.05) is 49.6 Å². The Morgan fingerprint density at radius 2 is 1.48 bits per heavy atom. The number of rotatable bonds is 0. The molecule has 3 aliphatic rings. The highest BCUT2D eigenvalue weighted by Crippen LogP contribution is 2.55. The Labute approximate surface area is 242 Å². The van der Waals surface area contributed by atoms with E-state index >= 15 is 0 Å². The van der Waals surface area contributed by atoms with Crippen molar-refractivity contribution >= 4 is 61.6 Å². The van der Waals surface area contributed by atoms with Crippen molar-refractivity contribution in [1.29, 1.82) is 0 Å². The van der Waals surface area contributed by atoms with Crippen LogP contribution in [0.5, 0.6) is 0 Å². The standard InChI is InChI=1S/C38H25BN2O/c1-20-18-26-21-12-8-14-25-32-36(22-10-4-6-15-27(22)38(32,2)3)41(34(21)25)39-28-16-9-13-24-31-23-11-5-7-17-30(23)42-37(31)40(35(24)28)29(19-20)33(26)39/h4-19H,1-3H3. The Morgan fingerprint density at radius 1 is 0.714 bits per heavy atom. The van der Waals surface area contributed by atoms with Crippen LogP contribution in [-0.4, -0.2) is 15.9 Å². The smallest absolute Gasteiger partial charge is 0.333 e. The lowest BCUT2D eigenvalue weighted by Crippen LogP contribution is -2.55. The Morgan fingerprint density at radius 3 is 2.40 bits per heavy atom. The van der Waals surface area contributed by atoms with E-state index in [9.17, 15) is 0 Å². The SMILES string of the molecule is Cc1cc2c3c(c1)-n1c4oc5ccccc5c4c4cccc(c41)B3n1c3c(c4cccc-2c41)C(C)(C)c1ccccc1-3. The van der Waals surface area contributed by atoms with Crippen LogP contribution in [0.3, 0.4) is 0 Å². The summed E-state index contributed by atoms with van der Waals surface area (Å²) in [4.78, 5) is 0. The Balaban J connectivity index is 1.40. The highest BCUT2D eigenvalue weighted by atomic mass is 16.3. The van der Waals surface area contributed by atoms with Gasteiger partial charge >= 0.3 is 6.85 Å². The third-order valence-corrected chi connectivity index (χ3v) is 10.5. The molecule has 2 aliphatic heterocycles. The molecule has 4 heteroatoms. The first-order valence-corrected chi connectivity index (χ1v) is 14.9. The van der Waals surface area contributed by atoms with Crippen molar-refractivity contribution in [3.8, 4) is 28.1 Å². The van der Waals surface area contributed by atoms with Crippen molar-refractivity contribution in [2.45, 2.75) is 26.2 Å². The average molecular weight is 536 g/mol. The van der Waals surface area contributed by atoms with Crippen molar-refractivity contribution in [2.75, 3.05) is 0 Å². The van der Waals surface area contributed by atoms with Crippen LogP contribution in [0.2, 0.25) is 0 Å². The number of para-hydroxylation sites is 3. The molecule has 0 spiro atoms. The first-order chi connectivity index (χ1) is 20.5. The molecule has 3 aromatic heterocycles. The van der Waals surface area contributed by atoms with Gasteiger partial charge in [-0.15, -0.1) is 0 Å². The average Bonchev–Trinajstić information content (AvgIpc) is 3.70. The van der Waals surface area contributed by atoms with Crippen LogP contribution >= 0.6 is 0 Å². The molecule has 0 radical (unpaired) electrons. The lowest BCUT2D eigenvalue weighted by molar-refractivity contribution is 0.645. The highest BCUT2D eigenvalue weighted by Gasteiger charge is 2.47. The van der Waals surface area contributed by atoms with Gasteiger partial charge in [-0.2, -0.15) is 0 Å². The third-order valence-electron chi connectivity index (χ3n) is 10.5.